The zero-order valence-corrected chi connectivity index (χ0v) is 11.9. The Morgan fingerprint density at radius 3 is 2.78 bits per heavy atom. The molecule has 1 saturated carbocycles. The van der Waals surface area contributed by atoms with E-state index in [9.17, 15) is 4.79 Å². The normalized spacial score (nSPS) is 23.7. The van der Waals surface area contributed by atoms with Crippen LogP contribution < -0.4 is 5.32 Å². The summed E-state index contributed by atoms with van der Waals surface area (Å²) in [5.41, 5.74) is 1.45. The Balaban J connectivity index is 2.09. The number of alkyl halides is 1. The minimum absolute atomic E-state index is 0.0336. The van der Waals surface area contributed by atoms with Gasteiger partial charge in [0.2, 0.25) is 0 Å². The lowest BCUT2D eigenvalue weighted by atomic mass is 9.94. The SMILES string of the molecule is Cc1cccc(C(=O)NC2CCCCC2Cl)c1Cl. The van der Waals surface area contributed by atoms with Crippen molar-refractivity contribution >= 4 is 29.1 Å². The van der Waals surface area contributed by atoms with Gasteiger partial charge in [-0.05, 0) is 31.4 Å². The molecule has 1 aliphatic rings. The molecule has 2 unspecified atom stereocenters. The second-order valence-corrected chi connectivity index (χ2v) is 5.76. The quantitative estimate of drug-likeness (QED) is 0.820. The van der Waals surface area contributed by atoms with Crippen LogP contribution >= 0.6 is 23.2 Å². The summed E-state index contributed by atoms with van der Waals surface area (Å²) in [4.78, 5) is 12.2. The van der Waals surface area contributed by atoms with Crippen LogP contribution in [0.15, 0.2) is 18.2 Å². The van der Waals surface area contributed by atoms with E-state index in [1.807, 2.05) is 19.1 Å². The largest absolute Gasteiger partial charge is 0.348 e. The fourth-order valence-electron chi connectivity index (χ4n) is 2.32. The Kier molecular flexibility index (Phi) is 4.52. The van der Waals surface area contributed by atoms with Gasteiger partial charge >= 0.3 is 0 Å². The van der Waals surface area contributed by atoms with Crippen LogP contribution in [0.4, 0.5) is 0 Å². The molecule has 2 rings (SSSR count). The Morgan fingerprint density at radius 2 is 2.06 bits per heavy atom. The predicted molar refractivity (Wildman–Crippen MR) is 75.6 cm³/mol. The van der Waals surface area contributed by atoms with Crippen LogP contribution in [-0.4, -0.2) is 17.3 Å². The number of rotatable bonds is 2. The zero-order valence-electron chi connectivity index (χ0n) is 10.4. The van der Waals surface area contributed by atoms with Gasteiger partial charge in [-0.25, -0.2) is 0 Å². The summed E-state index contributed by atoms with van der Waals surface area (Å²) in [6, 6.07) is 5.54. The van der Waals surface area contributed by atoms with Crippen LogP contribution in [-0.2, 0) is 0 Å². The lowest BCUT2D eigenvalue weighted by molar-refractivity contribution is 0.0929. The smallest absolute Gasteiger partial charge is 0.253 e. The maximum Gasteiger partial charge on any atom is 0.253 e. The molecule has 0 heterocycles. The molecule has 1 amide bonds. The van der Waals surface area contributed by atoms with E-state index in [1.165, 1.54) is 0 Å². The summed E-state index contributed by atoms with van der Waals surface area (Å²) in [5.74, 6) is -0.124. The van der Waals surface area contributed by atoms with Gasteiger partial charge in [0.15, 0.2) is 0 Å². The zero-order chi connectivity index (χ0) is 13.1. The van der Waals surface area contributed by atoms with E-state index in [0.29, 0.717) is 10.6 Å². The molecule has 4 heteroatoms. The van der Waals surface area contributed by atoms with E-state index in [0.717, 1.165) is 31.2 Å². The molecule has 0 radical (unpaired) electrons. The van der Waals surface area contributed by atoms with Gasteiger partial charge in [0, 0.05) is 6.04 Å². The van der Waals surface area contributed by atoms with Crippen molar-refractivity contribution in [2.45, 2.75) is 44.0 Å². The Labute approximate surface area is 118 Å². The maximum atomic E-state index is 12.2. The van der Waals surface area contributed by atoms with Crippen LogP contribution in [0.2, 0.25) is 5.02 Å². The first-order valence-electron chi connectivity index (χ1n) is 6.29. The van der Waals surface area contributed by atoms with E-state index < -0.39 is 0 Å². The Bertz CT molecular complexity index is 447. The van der Waals surface area contributed by atoms with Crippen molar-refractivity contribution in [3.63, 3.8) is 0 Å². The average molecular weight is 286 g/mol. The third-order valence-corrected chi connectivity index (χ3v) is 4.46. The molecule has 0 bridgehead atoms. The van der Waals surface area contributed by atoms with E-state index >= 15 is 0 Å². The number of halogens is 2. The summed E-state index contributed by atoms with van der Waals surface area (Å²) in [6.45, 7) is 1.89. The molecule has 2 atom stereocenters. The highest BCUT2D eigenvalue weighted by Gasteiger charge is 2.25. The second kappa shape index (κ2) is 5.94. The standard InChI is InChI=1S/C14H17Cl2NO/c1-9-5-4-6-10(13(9)16)14(18)17-12-8-3-2-7-11(12)15/h4-6,11-12H,2-3,7-8H2,1H3,(H,17,18). The van der Waals surface area contributed by atoms with E-state index in [2.05, 4.69) is 5.32 Å². The summed E-state index contributed by atoms with van der Waals surface area (Å²) >= 11 is 12.4. The number of benzene rings is 1. The van der Waals surface area contributed by atoms with E-state index in [4.69, 9.17) is 23.2 Å². The van der Waals surface area contributed by atoms with Crippen molar-refractivity contribution in [1.82, 2.24) is 5.32 Å². The Morgan fingerprint density at radius 1 is 1.33 bits per heavy atom. The number of amides is 1. The molecule has 0 aromatic heterocycles. The van der Waals surface area contributed by atoms with Crippen LogP contribution in [0.5, 0.6) is 0 Å². The number of carbonyl (C=O) groups is 1. The minimum atomic E-state index is -0.124. The topological polar surface area (TPSA) is 29.1 Å². The molecular weight excluding hydrogens is 269 g/mol. The fraction of sp³-hybridized carbons (Fsp3) is 0.500. The number of carbonyl (C=O) groups excluding carboxylic acids is 1. The first-order valence-corrected chi connectivity index (χ1v) is 7.11. The van der Waals surface area contributed by atoms with Crippen molar-refractivity contribution < 1.29 is 4.79 Å². The molecule has 1 aliphatic carbocycles. The van der Waals surface area contributed by atoms with Gasteiger partial charge in [-0.2, -0.15) is 0 Å². The fourth-order valence-corrected chi connectivity index (χ4v) is 2.87. The summed E-state index contributed by atoms with van der Waals surface area (Å²) in [7, 11) is 0. The molecule has 18 heavy (non-hydrogen) atoms. The van der Waals surface area contributed by atoms with Crippen molar-refractivity contribution in [3.05, 3.63) is 34.3 Å². The molecule has 98 valence electrons. The highest BCUT2D eigenvalue weighted by molar-refractivity contribution is 6.34. The van der Waals surface area contributed by atoms with E-state index in [-0.39, 0.29) is 17.3 Å². The monoisotopic (exact) mass is 285 g/mol. The molecule has 1 aromatic rings. The van der Waals surface area contributed by atoms with Gasteiger partial charge in [0.25, 0.3) is 5.91 Å². The van der Waals surface area contributed by atoms with Gasteiger partial charge in [-0.15, -0.1) is 11.6 Å². The molecule has 1 aromatic carbocycles. The lowest BCUT2D eigenvalue weighted by Crippen LogP contribution is -2.42. The number of hydrogen-bond acceptors (Lipinski definition) is 1. The lowest BCUT2D eigenvalue weighted by Gasteiger charge is -2.28. The maximum absolute atomic E-state index is 12.2. The van der Waals surface area contributed by atoms with Crippen LogP contribution in [0, 0.1) is 6.92 Å². The highest BCUT2D eigenvalue weighted by atomic mass is 35.5. The summed E-state index contributed by atoms with van der Waals surface area (Å²) in [6.07, 6.45) is 4.18. The van der Waals surface area contributed by atoms with Crippen molar-refractivity contribution in [3.8, 4) is 0 Å². The number of nitrogens with one attached hydrogen (secondary N) is 1. The first-order chi connectivity index (χ1) is 8.59. The number of hydrogen-bond donors (Lipinski definition) is 1. The van der Waals surface area contributed by atoms with Crippen LogP contribution in [0.1, 0.15) is 41.6 Å². The molecule has 2 nitrogen and oxygen atoms in total. The molecule has 1 N–H and O–H groups in total. The molecule has 1 fully saturated rings. The Hall–Kier alpha value is -0.730. The van der Waals surface area contributed by atoms with Gasteiger partial charge in [0.05, 0.1) is 16.0 Å². The third kappa shape index (κ3) is 2.99. The second-order valence-electron chi connectivity index (χ2n) is 4.82. The molecule has 0 spiro atoms. The highest BCUT2D eigenvalue weighted by Crippen LogP contribution is 2.25. The van der Waals surface area contributed by atoms with Crippen molar-refractivity contribution in [2.75, 3.05) is 0 Å². The van der Waals surface area contributed by atoms with Gasteiger partial charge in [-0.1, -0.05) is 36.6 Å². The van der Waals surface area contributed by atoms with Gasteiger partial charge in [0.1, 0.15) is 0 Å². The van der Waals surface area contributed by atoms with Crippen LogP contribution in [0.25, 0.3) is 0 Å². The first kappa shape index (κ1) is 13.7. The van der Waals surface area contributed by atoms with Crippen LogP contribution in [0.3, 0.4) is 0 Å². The van der Waals surface area contributed by atoms with Crippen molar-refractivity contribution in [1.29, 1.82) is 0 Å². The summed E-state index contributed by atoms with van der Waals surface area (Å²) < 4.78 is 0. The van der Waals surface area contributed by atoms with Crippen molar-refractivity contribution in [2.24, 2.45) is 0 Å². The van der Waals surface area contributed by atoms with Gasteiger partial charge < -0.3 is 5.32 Å². The molecule has 0 aliphatic heterocycles. The summed E-state index contributed by atoms with van der Waals surface area (Å²) in [5, 5.41) is 3.56. The number of aryl methyl sites for hydroxylation is 1. The minimum Gasteiger partial charge on any atom is -0.348 e. The predicted octanol–water partition coefficient (Wildman–Crippen LogP) is 3.93. The average Bonchev–Trinajstić information content (AvgIpc) is 2.35. The van der Waals surface area contributed by atoms with E-state index in [1.54, 1.807) is 6.07 Å². The van der Waals surface area contributed by atoms with Gasteiger partial charge in [-0.3, -0.25) is 4.79 Å². The molecule has 0 saturated heterocycles. The molecular formula is C14H17Cl2NO. The third-order valence-electron chi connectivity index (χ3n) is 3.43.